The van der Waals surface area contributed by atoms with Gasteiger partial charge in [0.05, 0.1) is 5.92 Å². The Hall–Kier alpha value is -1.47. The van der Waals surface area contributed by atoms with Crippen molar-refractivity contribution in [2.24, 2.45) is 11.3 Å². The van der Waals surface area contributed by atoms with Gasteiger partial charge in [-0.05, 0) is 30.4 Å². The number of hydrogen-bond donors (Lipinski definition) is 1. The van der Waals surface area contributed by atoms with Gasteiger partial charge in [0.15, 0.2) is 0 Å². The van der Waals surface area contributed by atoms with Gasteiger partial charge in [-0.2, -0.15) is 4.31 Å². The number of hydrogen-bond acceptors (Lipinski definition) is 3. The topological polar surface area (TPSA) is 66.5 Å². The van der Waals surface area contributed by atoms with Gasteiger partial charge in [-0.15, -0.1) is 0 Å². The molecule has 1 aliphatic carbocycles. The molecular formula is C16H21FN2O3S. The van der Waals surface area contributed by atoms with Crippen LogP contribution in [0.25, 0.3) is 0 Å². The van der Waals surface area contributed by atoms with Crippen molar-refractivity contribution in [1.29, 1.82) is 0 Å². The molecule has 1 aromatic rings. The van der Waals surface area contributed by atoms with Crippen LogP contribution < -0.4 is 5.32 Å². The van der Waals surface area contributed by atoms with Crippen molar-refractivity contribution in [3.63, 3.8) is 0 Å². The van der Waals surface area contributed by atoms with Gasteiger partial charge in [-0.25, -0.2) is 12.8 Å². The van der Waals surface area contributed by atoms with Crippen molar-refractivity contribution in [3.8, 4) is 0 Å². The van der Waals surface area contributed by atoms with Crippen molar-refractivity contribution in [2.45, 2.75) is 30.6 Å². The fourth-order valence-electron chi connectivity index (χ4n) is 4.02. The van der Waals surface area contributed by atoms with Gasteiger partial charge in [0.1, 0.15) is 10.7 Å². The number of benzene rings is 1. The molecule has 0 aromatic heterocycles. The molecule has 1 saturated heterocycles. The third-order valence-corrected chi connectivity index (χ3v) is 7.08. The number of nitrogens with zero attached hydrogens (tertiary/aromatic N) is 1. The van der Waals surface area contributed by atoms with Gasteiger partial charge in [0.25, 0.3) is 0 Å². The van der Waals surface area contributed by atoms with Crippen molar-refractivity contribution in [2.75, 3.05) is 20.1 Å². The summed E-state index contributed by atoms with van der Waals surface area (Å²) in [4.78, 5) is 11.9. The van der Waals surface area contributed by atoms with Gasteiger partial charge >= 0.3 is 0 Å². The molecule has 0 unspecified atom stereocenters. The summed E-state index contributed by atoms with van der Waals surface area (Å²) in [5.41, 5.74) is -0.307. The van der Waals surface area contributed by atoms with Crippen LogP contribution in [0, 0.1) is 17.2 Å². The summed E-state index contributed by atoms with van der Waals surface area (Å²) in [7, 11) is -2.36. The van der Waals surface area contributed by atoms with Crippen LogP contribution in [0.1, 0.15) is 25.7 Å². The fraction of sp³-hybridized carbons (Fsp3) is 0.562. The molecule has 2 aliphatic rings. The van der Waals surface area contributed by atoms with Gasteiger partial charge in [0.2, 0.25) is 15.9 Å². The smallest absolute Gasteiger partial charge is 0.246 e. The highest BCUT2D eigenvalue weighted by Gasteiger charge is 2.54. The molecule has 1 aromatic carbocycles. The van der Waals surface area contributed by atoms with E-state index in [0.717, 1.165) is 31.7 Å². The number of amides is 1. The van der Waals surface area contributed by atoms with Crippen molar-refractivity contribution < 1.29 is 17.6 Å². The normalized spacial score (nSPS) is 24.2. The molecule has 7 heteroatoms. The largest absolute Gasteiger partial charge is 0.359 e. The Bertz CT molecular complexity index is 714. The van der Waals surface area contributed by atoms with E-state index in [1.165, 1.54) is 22.5 Å². The molecule has 2 fully saturated rings. The second-order valence-corrected chi connectivity index (χ2v) is 8.37. The van der Waals surface area contributed by atoms with E-state index in [0.29, 0.717) is 6.54 Å². The highest BCUT2D eigenvalue weighted by atomic mass is 32.2. The SMILES string of the molecule is CNC(=O)[C@@H]1CN(S(=O)(=O)c2ccccc2F)CC12CCCC2. The molecule has 5 nitrogen and oxygen atoms in total. The van der Waals surface area contributed by atoms with E-state index in [1.807, 2.05) is 0 Å². The Labute approximate surface area is 135 Å². The molecular weight excluding hydrogens is 319 g/mol. The maximum Gasteiger partial charge on any atom is 0.246 e. The molecule has 1 amide bonds. The molecule has 0 bridgehead atoms. The predicted molar refractivity (Wildman–Crippen MR) is 83.6 cm³/mol. The van der Waals surface area contributed by atoms with Crippen LogP contribution in [-0.4, -0.2) is 38.8 Å². The lowest BCUT2D eigenvalue weighted by molar-refractivity contribution is -0.127. The number of carbonyl (C=O) groups is 1. The Morgan fingerprint density at radius 2 is 1.96 bits per heavy atom. The van der Waals surface area contributed by atoms with E-state index in [9.17, 15) is 17.6 Å². The fourth-order valence-corrected chi connectivity index (χ4v) is 5.64. The maximum absolute atomic E-state index is 13.9. The highest BCUT2D eigenvalue weighted by Crippen LogP contribution is 2.50. The van der Waals surface area contributed by atoms with Crippen LogP contribution in [0.2, 0.25) is 0 Å². The molecule has 1 aliphatic heterocycles. The maximum atomic E-state index is 13.9. The average molecular weight is 340 g/mol. The molecule has 0 radical (unpaired) electrons. The number of carbonyl (C=O) groups excluding carboxylic acids is 1. The van der Waals surface area contributed by atoms with E-state index < -0.39 is 15.8 Å². The Kier molecular flexibility index (Phi) is 4.18. The van der Waals surface area contributed by atoms with E-state index in [2.05, 4.69) is 5.32 Å². The first-order valence-electron chi connectivity index (χ1n) is 7.87. The number of nitrogens with one attached hydrogen (secondary N) is 1. The first-order chi connectivity index (χ1) is 10.9. The first-order valence-corrected chi connectivity index (χ1v) is 9.31. The minimum atomic E-state index is -3.93. The minimum absolute atomic E-state index is 0.121. The Balaban J connectivity index is 1.96. The molecule has 23 heavy (non-hydrogen) atoms. The summed E-state index contributed by atoms with van der Waals surface area (Å²) < 4.78 is 40.8. The summed E-state index contributed by atoms with van der Waals surface area (Å²) in [6.07, 6.45) is 3.69. The zero-order valence-corrected chi connectivity index (χ0v) is 13.9. The third-order valence-electron chi connectivity index (χ3n) is 5.23. The van der Waals surface area contributed by atoms with Crippen LogP contribution in [0.15, 0.2) is 29.2 Å². The summed E-state index contributed by atoms with van der Waals surface area (Å²) >= 11 is 0. The van der Waals surface area contributed by atoms with Crippen molar-refractivity contribution >= 4 is 15.9 Å². The van der Waals surface area contributed by atoms with E-state index >= 15 is 0 Å². The van der Waals surface area contributed by atoms with Crippen LogP contribution in [-0.2, 0) is 14.8 Å². The van der Waals surface area contributed by atoms with Crippen LogP contribution >= 0.6 is 0 Å². The summed E-state index contributed by atoms with van der Waals surface area (Å²) in [6.45, 7) is 0.415. The minimum Gasteiger partial charge on any atom is -0.359 e. The molecule has 1 saturated carbocycles. The summed E-state index contributed by atoms with van der Waals surface area (Å²) in [6, 6.07) is 5.39. The summed E-state index contributed by atoms with van der Waals surface area (Å²) in [5.74, 6) is -1.24. The molecule has 1 spiro atoms. The van der Waals surface area contributed by atoms with Crippen LogP contribution in [0.3, 0.4) is 0 Å². The van der Waals surface area contributed by atoms with E-state index in [1.54, 1.807) is 7.05 Å². The Morgan fingerprint density at radius 1 is 1.30 bits per heavy atom. The van der Waals surface area contributed by atoms with Gasteiger partial charge < -0.3 is 5.32 Å². The molecule has 1 atom stereocenters. The van der Waals surface area contributed by atoms with E-state index in [4.69, 9.17) is 0 Å². The molecule has 1 heterocycles. The second kappa shape index (κ2) is 5.87. The van der Waals surface area contributed by atoms with E-state index in [-0.39, 0.29) is 28.7 Å². The molecule has 1 N–H and O–H groups in total. The third kappa shape index (κ3) is 2.65. The van der Waals surface area contributed by atoms with Crippen molar-refractivity contribution in [1.82, 2.24) is 9.62 Å². The van der Waals surface area contributed by atoms with Crippen LogP contribution in [0.4, 0.5) is 4.39 Å². The highest BCUT2D eigenvalue weighted by molar-refractivity contribution is 7.89. The van der Waals surface area contributed by atoms with Crippen LogP contribution in [0.5, 0.6) is 0 Å². The molecule has 3 rings (SSSR count). The molecule has 126 valence electrons. The average Bonchev–Trinajstić information content (AvgIpc) is 3.15. The number of rotatable bonds is 3. The predicted octanol–water partition coefficient (Wildman–Crippen LogP) is 1.75. The summed E-state index contributed by atoms with van der Waals surface area (Å²) in [5, 5.41) is 2.65. The zero-order chi connectivity index (χ0) is 16.7. The first kappa shape index (κ1) is 16.4. The second-order valence-electron chi connectivity index (χ2n) is 6.46. The lowest BCUT2D eigenvalue weighted by Gasteiger charge is -2.28. The Morgan fingerprint density at radius 3 is 2.57 bits per heavy atom. The lowest BCUT2D eigenvalue weighted by Crippen LogP contribution is -2.38. The standard InChI is InChI=1S/C16H21FN2O3S/c1-18-15(20)12-10-19(11-16(12)8-4-5-9-16)23(21,22)14-7-3-2-6-13(14)17/h2-3,6-7,12H,4-5,8-11H2,1H3,(H,18,20)/t12-/m0/s1. The number of sulfonamides is 1. The number of halogens is 1. The quantitative estimate of drug-likeness (QED) is 0.912. The monoisotopic (exact) mass is 340 g/mol. The van der Waals surface area contributed by atoms with Crippen molar-refractivity contribution in [3.05, 3.63) is 30.1 Å². The lowest BCUT2D eigenvalue weighted by atomic mass is 9.76. The van der Waals surface area contributed by atoms with Gasteiger partial charge in [-0.3, -0.25) is 4.79 Å². The van der Waals surface area contributed by atoms with Gasteiger partial charge in [-0.1, -0.05) is 25.0 Å². The van der Waals surface area contributed by atoms with Gasteiger partial charge in [0, 0.05) is 20.1 Å². The zero-order valence-electron chi connectivity index (χ0n) is 13.1.